The average Bonchev–Trinajstić information content (AvgIpc) is 2.25. The van der Waals surface area contributed by atoms with E-state index in [-0.39, 0.29) is 25.8 Å². The topological polar surface area (TPSA) is 102 Å². The Balaban J connectivity index is 4.31. The Bertz CT molecular complexity index is 325. The summed E-state index contributed by atoms with van der Waals surface area (Å²) in [4.78, 5) is 14.7. The zero-order valence-electron chi connectivity index (χ0n) is 10.2. The normalized spacial score (nSPS) is 16.7. The van der Waals surface area contributed by atoms with Crippen LogP contribution in [-0.2, 0) is 4.79 Å². The summed E-state index contributed by atoms with van der Waals surface area (Å²) in [5, 5.41) is 8.88. The van der Waals surface area contributed by atoms with Crippen molar-refractivity contribution in [1.82, 2.24) is 0 Å². The first kappa shape index (κ1) is 15.6. The average molecular weight is 245 g/mol. The first-order valence-corrected chi connectivity index (χ1v) is 5.45. The summed E-state index contributed by atoms with van der Waals surface area (Å²) in [6.07, 6.45) is 1.52. The molecule has 0 aromatic carbocycles. The molecule has 0 saturated carbocycles. The molecule has 0 rings (SSSR count). The zero-order chi connectivity index (χ0) is 13.5. The zero-order valence-corrected chi connectivity index (χ0v) is 10.2. The van der Waals surface area contributed by atoms with E-state index in [1.54, 1.807) is 13.8 Å². The Morgan fingerprint density at radius 2 is 2.18 bits per heavy atom. The minimum atomic E-state index is -1.40. The summed E-state index contributed by atoms with van der Waals surface area (Å²) in [5.41, 5.74) is 9.50. The van der Waals surface area contributed by atoms with Gasteiger partial charge in [-0.1, -0.05) is 13.0 Å². The molecule has 5 nitrogen and oxygen atoms in total. The Hall–Kier alpha value is -1.43. The van der Waals surface area contributed by atoms with Gasteiger partial charge in [0.2, 0.25) is 0 Å². The van der Waals surface area contributed by atoms with Crippen LogP contribution in [0, 0.1) is 0 Å². The predicted molar refractivity (Wildman–Crippen MR) is 65.4 cm³/mol. The number of aliphatic carboxylic acids is 1. The Labute approximate surface area is 100 Å². The maximum absolute atomic E-state index is 13.3. The van der Waals surface area contributed by atoms with Gasteiger partial charge >= 0.3 is 5.97 Å². The molecule has 0 aromatic rings. The molecule has 0 radical (unpaired) electrons. The highest BCUT2D eigenvalue weighted by Gasteiger charge is 2.30. The van der Waals surface area contributed by atoms with Gasteiger partial charge in [0.25, 0.3) is 0 Å². The van der Waals surface area contributed by atoms with Crippen molar-refractivity contribution in [3.05, 3.63) is 11.9 Å². The largest absolute Gasteiger partial charge is 0.480 e. The summed E-state index contributed by atoms with van der Waals surface area (Å²) in [5.74, 6) is -1.15. The molecule has 17 heavy (non-hydrogen) atoms. The lowest BCUT2D eigenvalue weighted by molar-refractivity contribution is -0.143. The summed E-state index contributed by atoms with van der Waals surface area (Å²) in [7, 11) is 0. The van der Waals surface area contributed by atoms with Crippen molar-refractivity contribution in [3.8, 4) is 0 Å². The van der Waals surface area contributed by atoms with Crippen LogP contribution in [0.3, 0.4) is 0 Å². The van der Waals surface area contributed by atoms with Crippen molar-refractivity contribution in [1.29, 1.82) is 0 Å². The fourth-order valence-corrected chi connectivity index (χ4v) is 1.12. The maximum atomic E-state index is 13.3. The molecule has 0 fully saturated rings. The van der Waals surface area contributed by atoms with Gasteiger partial charge in [0.05, 0.1) is 11.7 Å². The lowest BCUT2D eigenvalue weighted by Gasteiger charge is -2.20. The number of nitrogens with two attached hydrogens (primary N) is 2. The summed E-state index contributed by atoms with van der Waals surface area (Å²) in [6, 6.07) is 0. The highest BCUT2D eigenvalue weighted by Crippen LogP contribution is 2.16. The van der Waals surface area contributed by atoms with E-state index in [0.717, 1.165) is 0 Å². The van der Waals surface area contributed by atoms with Crippen molar-refractivity contribution >= 4 is 11.8 Å². The monoisotopic (exact) mass is 245 g/mol. The maximum Gasteiger partial charge on any atom is 0.323 e. The number of hydrogen-bond donors (Lipinski definition) is 3. The van der Waals surface area contributed by atoms with Crippen LogP contribution >= 0.6 is 0 Å². The highest BCUT2D eigenvalue weighted by molar-refractivity contribution is 5.78. The molecule has 0 aromatic heterocycles. The second kappa shape index (κ2) is 7.01. The molecule has 0 saturated heterocycles. The summed E-state index contributed by atoms with van der Waals surface area (Å²) < 4.78 is 13.3. The van der Waals surface area contributed by atoms with E-state index in [4.69, 9.17) is 16.6 Å². The number of carbonyl (C=O) groups is 1. The minimum Gasteiger partial charge on any atom is -0.480 e. The van der Waals surface area contributed by atoms with E-state index in [0.29, 0.717) is 5.84 Å². The predicted octanol–water partition coefficient (Wildman–Crippen LogP) is 1.19. The van der Waals surface area contributed by atoms with Crippen LogP contribution in [0.4, 0.5) is 4.39 Å². The molecular formula is C11H20FN3O2. The Morgan fingerprint density at radius 3 is 2.59 bits per heavy atom. The van der Waals surface area contributed by atoms with Crippen LogP contribution in [0.2, 0.25) is 0 Å². The number of aliphatic imine (C=N–C) groups is 1. The third-order valence-electron chi connectivity index (χ3n) is 2.46. The van der Waals surface area contributed by atoms with E-state index in [2.05, 4.69) is 4.99 Å². The number of carboxylic acid groups (broad SMARTS) is 1. The summed E-state index contributed by atoms with van der Waals surface area (Å²) >= 11 is 0. The number of carboxylic acids is 1. The minimum absolute atomic E-state index is 0.0318. The molecule has 5 N–H and O–H groups in total. The van der Waals surface area contributed by atoms with E-state index in [1.807, 2.05) is 0 Å². The van der Waals surface area contributed by atoms with Gasteiger partial charge in [0.15, 0.2) is 0 Å². The van der Waals surface area contributed by atoms with Crippen LogP contribution < -0.4 is 11.5 Å². The van der Waals surface area contributed by atoms with Crippen LogP contribution in [0.25, 0.3) is 0 Å². The number of rotatable bonds is 7. The fourth-order valence-electron chi connectivity index (χ4n) is 1.12. The first-order valence-electron chi connectivity index (χ1n) is 5.45. The lowest BCUT2D eigenvalue weighted by atomic mass is 9.93. The van der Waals surface area contributed by atoms with Crippen molar-refractivity contribution in [2.24, 2.45) is 16.5 Å². The highest BCUT2D eigenvalue weighted by atomic mass is 19.1. The standard InChI is InChI=1S/C11H20FN3O2/c1-3-11(14,10(16)17)6-4-9(12)5-7-15-8(2)13/h4H,3,5-7,14H2,1-2H3,(H2,13,15)(H,16,17)/b9-4+/t11-/m1/s1. The lowest BCUT2D eigenvalue weighted by Crippen LogP contribution is -2.46. The molecule has 0 aliphatic carbocycles. The molecule has 1 atom stereocenters. The van der Waals surface area contributed by atoms with Crippen LogP contribution in [0.1, 0.15) is 33.1 Å². The van der Waals surface area contributed by atoms with Crippen LogP contribution in [0.5, 0.6) is 0 Å². The van der Waals surface area contributed by atoms with Crippen LogP contribution in [0.15, 0.2) is 16.9 Å². The molecule has 0 heterocycles. The molecule has 0 amide bonds. The van der Waals surface area contributed by atoms with Crippen molar-refractivity contribution in [3.63, 3.8) is 0 Å². The fraction of sp³-hybridized carbons (Fsp3) is 0.636. The van der Waals surface area contributed by atoms with Crippen LogP contribution in [-0.4, -0.2) is 29.0 Å². The van der Waals surface area contributed by atoms with Crippen molar-refractivity contribution in [2.45, 2.75) is 38.6 Å². The number of amidine groups is 1. The van der Waals surface area contributed by atoms with Crippen molar-refractivity contribution < 1.29 is 14.3 Å². The summed E-state index contributed by atoms with van der Waals surface area (Å²) in [6.45, 7) is 3.53. The van der Waals surface area contributed by atoms with Gasteiger partial charge in [0.1, 0.15) is 5.54 Å². The van der Waals surface area contributed by atoms with Gasteiger partial charge in [-0.3, -0.25) is 9.79 Å². The van der Waals surface area contributed by atoms with Gasteiger partial charge in [-0.25, -0.2) is 4.39 Å². The Kier molecular flexibility index (Phi) is 6.42. The molecule has 0 unspecified atom stereocenters. The van der Waals surface area contributed by atoms with Gasteiger partial charge < -0.3 is 16.6 Å². The number of hydrogen-bond acceptors (Lipinski definition) is 3. The van der Waals surface area contributed by atoms with E-state index in [1.165, 1.54) is 6.08 Å². The molecule has 0 spiro atoms. The molecule has 98 valence electrons. The van der Waals surface area contributed by atoms with Gasteiger partial charge in [-0.2, -0.15) is 0 Å². The smallest absolute Gasteiger partial charge is 0.323 e. The van der Waals surface area contributed by atoms with E-state index in [9.17, 15) is 9.18 Å². The quantitative estimate of drug-likeness (QED) is 0.463. The van der Waals surface area contributed by atoms with Gasteiger partial charge in [0, 0.05) is 13.0 Å². The van der Waals surface area contributed by atoms with Gasteiger partial charge in [-0.15, -0.1) is 0 Å². The molecular weight excluding hydrogens is 225 g/mol. The molecule has 6 heteroatoms. The second-order valence-corrected chi connectivity index (χ2v) is 3.94. The molecule has 0 bridgehead atoms. The Morgan fingerprint density at radius 1 is 1.59 bits per heavy atom. The van der Waals surface area contributed by atoms with E-state index >= 15 is 0 Å². The number of halogens is 1. The van der Waals surface area contributed by atoms with Gasteiger partial charge in [-0.05, 0) is 19.8 Å². The third kappa shape index (κ3) is 6.01. The third-order valence-corrected chi connectivity index (χ3v) is 2.46. The molecule has 0 aliphatic rings. The SMILES string of the molecule is CC[C@@](N)(C/C=C(/F)CCN=C(C)N)C(=O)O. The van der Waals surface area contributed by atoms with Crippen molar-refractivity contribution in [2.75, 3.05) is 6.54 Å². The van der Waals surface area contributed by atoms with E-state index < -0.39 is 17.3 Å². The molecule has 0 aliphatic heterocycles. The first-order chi connectivity index (χ1) is 7.81. The number of nitrogens with zero attached hydrogens (tertiary/aromatic N) is 1. The second-order valence-electron chi connectivity index (χ2n) is 3.94.